The van der Waals surface area contributed by atoms with Gasteiger partial charge in [-0.25, -0.2) is 4.39 Å². The molecule has 2 N–H and O–H groups in total. The van der Waals surface area contributed by atoms with Crippen LogP contribution in [0.3, 0.4) is 0 Å². The number of carbonyl (C=O) groups excluding carboxylic acids is 2. The SMILES string of the molecule is CCNC(=O)CNC(=O)c1ccc(F)c(C)c1. The topological polar surface area (TPSA) is 58.2 Å². The van der Waals surface area contributed by atoms with Gasteiger partial charge in [-0.15, -0.1) is 0 Å². The van der Waals surface area contributed by atoms with Crippen LogP contribution in [0.4, 0.5) is 4.39 Å². The average molecular weight is 238 g/mol. The molecule has 0 radical (unpaired) electrons. The number of carbonyl (C=O) groups is 2. The molecule has 0 unspecified atom stereocenters. The van der Waals surface area contributed by atoms with Crippen molar-refractivity contribution in [3.05, 3.63) is 35.1 Å². The molecule has 2 amide bonds. The maximum atomic E-state index is 13.0. The number of nitrogens with one attached hydrogen (secondary N) is 2. The lowest BCUT2D eigenvalue weighted by Crippen LogP contribution is -2.36. The molecule has 0 spiro atoms. The van der Waals surface area contributed by atoms with E-state index in [0.29, 0.717) is 17.7 Å². The zero-order chi connectivity index (χ0) is 12.8. The highest BCUT2D eigenvalue weighted by Crippen LogP contribution is 2.08. The van der Waals surface area contributed by atoms with Crippen molar-refractivity contribution in [1.82, 2.24) is 10.6 Å². The van der Waals surface area contributed by atoms with Gasteiger partial charge in [0.25, 0.3) is 5.91 Å². The number of rotatable bonds is 4. The van der Waals surface area contributed by atoms with Crippen molar-refractivity contribution in [2.45, 2.75) is 13.8 Å². The molecule has 4 nitrogen and oxygen atoms in total. The second kappa shape index (κ2) is 5.98. The van der Waals surface area contributed by atoms with Gasteiger partial charge in [0.05, 0.1) is 6.54 Å². The molecule has 0 saturated heterocycles. The standard InChI is InChI=1S/C12H15FN2O2/c1-3-14-11(16)7-15-12(17)9-4-5-10(13)8(2)6-9/h4-6H,3,7H2,1-2H3,(H,14,16)(H,15,17). The van der Waals surface area contributed by atoms with Crippen LogP contribution < -0.4 is 10.6 Å². The Balaban J connectivity index is 2.58. The Morgan fingerprint density at radius 2 is 2.00 bits per heavy atom. The van der Waals surface area contributed by atoms with Gasteiger partial charge in [0.2, 0.25) is 5.91 Å². The fraction of sp³-hybridized carbons (Fsp3) is 0.333. The lowest BCUT2D eigenvalue weighted by molar-refractivity contribution is -0.120. The lowest BCUT2D eigenvalue weighted by atomic mass is 10.1. The Kier molecular flexibility index (Phi) is 4.63. The predicted octanol–water partition coefficient (Wildman–Crippen LogP) is 1.00. The summed E-state index contributed by atoms with van der Waals surface area (Å²) in [6.45, 7) is 3.81. The molecule has 0 aromatic heterocycles. The van der Waals surface area contributed by atoms with E-state index in [9.17, 15) is 14.0 Å². The summed E-state index contributed by atoms with van der Waals surface area (Å²) in [4.78, 5) is 22.7. The summed E-state index contributed by atoms with van der Waals surface area (Å²) in [6.07, 6.45) is 0. The molecule has 1 aromatic carbocycles. The van der Waals surface area contributed by atoms with Gasteiger partial charge in [-0.05, 0) is 37.6 Å². The molecule has 5 heteroatoms. The minimum absolute atomic E-state index is 0.0803. The highest BCUT2D eigenvalue weighted by atomic mass is 19.1. The monoisotopic (exact) mass is 238 g/mol. The number of aryl methyl sites for hydroxylation is 1. The Morgan fingerprint density at radius 1 is 1.29 bits per heavy atom. The molecule has 0 atom stereocenters. The Labute approximate surface area is 99.2 Å². The molecule has 17 heavy (non-hydrogen) atoms. The summed E-state index contributed by atoms with van der Waals surface area (Å²) < 4.78 is 13.0. The summed E-state index contributed by atoms with van der Waals surface area (Å²) in [5, 5.41) is 5.02. The van der Waals surface area contributed by atoms with Crippen LogP contribution in [-0.4, -0.2) is 24.9 Å². The first kappa shape index (κ1) is 13.2. The summed E-state index contributed by atoms with van der Waals surface area (Å²) >= 11 is 0. The van der Waals surface area contributed by atoms with Crippen molar-refractivity contribution in [3.8, 4) is 0 Å². The first-order valence-corrected chi connectivity index (χ1v) is 5.35. The fourth-order valence-corrected chi connectivity index (χ4v) is 1.31. The number of likely N-dealkylation sites (N-methyl/N-ethyl adjacent to an activating group) is 1. The summed E-state index contributed by atoms with van der Waals surface area (Å²) in [6, 6.07) is 4.06. The summed E-state index contributed by atoms with van der Waals surface area (Å²) in [5.74, 6) is -0.996. The van der Waals surface area contributed by atoms with Gasteiger partial charge in [-0.3, -0.25) is 9.59 Å². The van der Waals surface area contributed by atoms with Gasteiger partial charge in [0.1, 0.15) is 5.82 Å². The van der Waals surface area contributed by atoms with Crippen LogP contribution in [0.15, 0.2) is 18.2 Å². The van der Waals surface area contributed by atoms with Crippen LogP contribution >= 0.6 is 0 Å². The number of benzene rings is 1. The largest absolute Gasteiger partial charge is 0.355 e. The third-order valence-electron chi connectivity index (χ3n) is 2.20. The Bertz CT molecular complexity index is 433. The van der Waals surface area contributed by atoms with E-state index < -0.39 is 0 Å². The summed E-state index contributed by atoms with van der Waals surface area (Å²) in [5.41, 5.74) is 0.740. The van der Waals surface area contributed by atoms with Gasteiger partial charge in [0, 0.05) is 12.1 Å². The van der Waals surface area contributed by atoms with Crippen LogP contribution in [-0.2, 0) is 4.79 Å². The van der Waals surface area contributed by atoms with Crippen LogP contribution in [0.25, 0.3) is 0 Å². The zero-order valence-electron chi connectivity index (χ0n) is 9.84. The molecule has 0 aliphatic carbocycles. The van der Waals surface area contributed by atoms with E-state index in [0.717, 1.165) is 0 Å². The molecule has 1 rings (SSSR count). The molecular formula is C12H15FN2O2. The molecule has 1 aromatic rings. The van der Waals surface area contributed by atoms with Crippen molar-refractivity contribution in [2.75, 3.05) is 13.1 Å². The highest BCUT2D eigenvalue weighted by Gasteiger charge is 2.08. The van der Waals surface area contributed by atoms with Crippen molar-refractivity contribution in [1.29, 1.82) is 0 Å². The van der Waals surface area contributed by atoms with E-state index in [-0.39, 0.29) is 24.2 Å². The Morgan fingerprint density at radius 3 is 2.59 bits per heavy atom. The normalized spacial score (nSPS) is 9.82. The van der Waals surface area contributed by atoms with Crippen molar-refractivity contribution in [2.24, 2.45) is 0 Å². The minimum Gasteiger partial charge on any atom is -0.355 e. The van der Waals surface area contributed by atoms with E-state index >= 15 is 0 Å². The molecule has 0 heterocycles. The number of halogens is 1. The number of amides is 2. The quantitative estimate of drug-likeness (QED) is 0.822. The van der Waals surface area contributed by atoms with Crippen molar-refractivity contribution in [3.63, 3.8) is 0 Å². The fourth-order valence-electron chi connectivity index (χ4n) is 1.31. The molecular weight excluding hydrogens is 223 g/mol. The van der Waals surface area contributed by atoms with Gasteiger partial charge < -0.3 is 10.6 Å². The second-order valence-electron chi connectivity index (χ2n) is 3.60. The lowest BCUT2D eigenvalue weighted by Gasteiger charge is -2.06. The summed E-state index contributed by atoms with van der Waals surface area (Å²) in [7, 11) is 0. The van der Waals surface area contributed by atoms with Gasteiger partial charge in [-0.2, -0.15) is 0 Å². The van der Waals surface area contributed by atoms with Crippen LogP contribution in [0.1, 0.15) is 22.8 Å². The third kappa shape index (κ3) is 3.86. The third-order valence-corrected chi connectivity index (χ3v) is 2.20. The maximum Gasteiger partial charge on any atom is 0.251 e. The highest BCUT2D eigenvalue weighted by molar-refractivity contribution is 5.96. The van der Waals surface area contributed by atoms with E-state index in [1.54, 1.807) is 13.8 Å². The van der Waals surface area contributed by atoms with Crippen LogP contribution in [0, 0.1) is 12.7 Å². The maximum absolute atomic E-state index is 13.0. The van der Waals surface area contributed by atoms with E-state index in [1.807, 2.05) is 0 Å². The van der Waals surface area contributed by atoms with Crippen LogP contribution in [0.2, 0.25) is 0 Å². The smallest absolute Gasteiger partial charge is 0.251 e. The molecule has 0 bridgehead atoms. The van der Waals surface area contributed by atoms with Crippen molar-refractivity contribution >= 4 is 11.8 Å². The second-order valence-corrected chi connectivity index (χ2v) is 3.60. The van der Waals surface area contributed by atoms with E-state index in [2.05, 4.69) is 10.6 Å². The van der Waals surface area contributed by atoms with Crippen LogP contribution in [0.5, 0.6) is 0 Å². The molecule has 0 aliphatic heterocycles. The molecule has 0 fully saturated rings. The van der Waals surface area contributed by atoms with E-state index in [1.165, 1.54) is 18.2 Å². The van der Waals surface area contributed by atoms with Crippen molar-refractivity contribution < 1.29 is 14.0 Å². The predicted molar refractivity (Wildman–Crippen MR) is 62.2 cm³/mol. The molecule has 0 saturated carbocycles. The zero-order valence-corrected chi connectivity index (χ0v) is 9.84. The Hall–Kier alpha value is -1.91. The number of hydrogen-bond donors (Lipinski definition) is 2. The average Bonchev–Trinajstić information content (AvgIpc) is 2.30. The van der Waals surface area contributed by atoms with Gasteiger partial charge in [0.15, 0.2) is 0 Å². The number of hydrogen-bond acceptors (Lipinski definition) is 2. The molecule has 0 aliphatic rings. The first-order valence-electron chi connectivity index (χ1n) is 5.35. The van der Waals surface area contributed by atoms with Gasteiger partial charge >= 0.3 is 0 Å². The minimum atomic E-state index is -0.389. The van der Waals surface area contributed by atoms with Gasteiger partial charge in [-0.1, -0.05) is 0 Å². The first-order chi connectivity index (χ1) is 8.04. The molecule has 92 valence electrons. The van der Waals surface area contributed by atoms with E-state index in [4.69, 9.17) is 0 Å².